The molecule has 0 aliphatic heterocycles. The minimum absolute atomic E-state index is 0.0795. The van der Waals surface area contributed by atoms with Crippen molar-refractivity contribution < 1.29 is 14.6 Å². The van der Waals surface area contributed by atoms with E-state index in [1.54, 1.807) is 19.2 Å². The molecule has 5 nitrogen and oxygen atoms in total. The van der Waals surface area contributed by atoms with Crippen molar-refractivity contribution in [3.8, 4) is 5.75 Å². The van der Waals surface area contributed by atoms with Crippen LogP contribution in [0.15, 0.2) is 54.7 Å². The third-order valence-electron chi connectivity index (χ3n) is 3.37. The van der Waals surface area contributed by atoms with Gasteiger partial charge in [0.05, 0.1) is 13.1 Å². The first kappa shape index (κ1) is 13.9. The number of fused-ring (bicyclic) bond motifs is 1. The van der Waals surface area contributed by atoms with E-state index in [-0.39, 0.29) is 5.56 Å². The molecule has 0 spiro atoms. The van der Waals surface area contributed by atoms with Gasteiger partial charge in [0.1, 0.15) is 11.6 Å². The number of pyridine rings is 1. The highest BCUT2D eigenvalue weighted by Crippen LogP contribution is 2.27. The number of nitrogens with one attached hydrogen (secondary N) is 1. The highest BCUT2D eigenvalue weighted by molar-refractivity contribution is 6.06. The minimum atomic E-state index is -1.24. The molecule has 0 fully saturated rings. The maximum Gasteiger partial charge on any atom is 0.138 e. The number of hydrogen-bond acceptors (Lipinski definition) is 5. The maximum atomic E-state index is 11.2. The summed E-state index contributed by atoms with van der Waals surface area (Å²) >= 11 is 0. The number of rotatable bonds is 4. The normalized spacial score (nSPS) is 10.4. The summed E-state index contributed by atoms with van der Waals surface area (Å²) in [5, 5.41) is 15.7. The SMILES string of the molecule is COc1ccc(Nc2ncc(C(=O)[O-])c3ccccc23)cc1. The number of hydrogen-bond donors (Lipinski definition) is 1. The van der Waals surface area contributed by atoms with Gasteiger partial charge in [-0.3, -0.25) is 0 Å². The average Bonchev–Trinajstić information content (AvgIpc) is 2.55. The molecule has 0 radical (unpaired) electrons. The standard InChI is InChI=1S/C17H14N2O3/c1-22-12-8-6-11(7-9-12)19-16-14-5-3-2-4-13(14)15(10-18-16)17(20)21/h2-10H,1H3,(H,18,19)(H,20,21)/p-1. The summed E-state index contributed by atoms with van der Waals surface area (Å²) in [4.78, 5) is 15.4. The molecule has 2 aromatic carbocycles. The Hall–Kier alpha value is -3.08. The largest absolute Gasteiger partial charge is 0.545 e. The second-order valence-corrected chi connectivity index (χ2v) is 4.71. The van der Waals surface area contributed by atoms with Crippen LogP contribution in [0.4, 0.5) is 11.5 Å². The molecule has 1 aromatic heterocycles. The number of benzene rings is 2. The zero-order valence-electron chi connectivity index (χ0n) is 11.9. The van der Waals surface area contributed by atoms with Gasteiger partial charge in [0.2, 0.25) is 0 Å². The predicted octanol–water partition coefficient (Wildman–Crippen LogP) is 2.35. The third-order valence-corrected chi connectivity index (χ3v) is 3.37. The van der Waals surface area contributed by atoms with Crippen LogP contribution in [0.5, 0.6) is 5.75 Å². The fourth-order valence-corrected chi connectivity index (χ4v) is 2.27. The van der Waals surface area contributed by atoms with Crippen LogP contribution in [0.1, 0.15) is 10.4 Å². The van der Waals surface area contributed by atoms with E-state index < -0.39 is 5.97 Å². The lowest BCUT2D eigenvalue weighted by atomic mass is 10.1. The molecule has 110 valence electrons. The van der Waals surface area contributed by atoms with Crippen molar-refractivity contribution in [1.29, 1.82) is 0 Å². The van der Waals surface area contributed by atoms with E-state index in [4.69, 9.17) is 4.74 Å². The van der Waals surface area contributed by atoms with Gasteiger partial charge in [0.25, 0.3) is 0 Å². The number of aromatic nitrogens is 1. The topological polar surface area (TPSA) is 74.3 Å². The molecule has 0 bridgehead atoms. The van der Waals surface area contributed by atoms with Crippen LogP contribution in [0.2, 0.25) is 0 Å². The van der Waals surface area contributed by atoms with Gasteiger partial charge in [-0.1, -0.05) is 24.3 Å². The fourth-order valence-electron chi connectivity index (χ4n) is 2.27. The van der Waals surface area contributed by atoms with Crippen molar-refractivity contribution >= 4 is 28.2 Å². The molecule has 0 saturated heterocycles. The van der Waals surface area contributed by atoms with Crippen LogP contribution >= 0.6 is 0 Å². The summed E-state index contributed by atoms with van der Waals surface area (Å²) in [5.74, 6) is 0.112. The number of ether oxygens (including phenoxy) is 1. The molecular formula is C17H13N2O3-. The van der Waals surface area contributed by atoms with Gasteiger partial charge in [-0.15, -0.1) is 0 Å². The number of anilines is 2. The maximum absolute atomic E-state index is 11.2. The van der Waals surface area contributed by atoms with E-state index in [0.717, 1.165) is 16.8 Å². The fraction of sp³-hybridized carbons (Fsp3) is 0.0588. The van der Waals surface area contributed by atoms with E-state index in [1.807, 2.05) is 36.4 Å². The monoisotopic (exact) mass is 293 g/mol. The molecule has 0 amide bonds. The lowest BCUT2D eigenvalue weighted by Crippen LogP contribution is -2.22. The van der Waals surface area contributed by atoms with Crippen LogP contribution in [0.3, 0.4) is 0 Å². The Balaban J connectivity index is 2.03. The molecule has 22 heavy (non-hydrogen) atoms. The molecule has 0 unspecified atom stereocenters. The number of carboxylic acid groups (broad SMARTS) is 1. The van der Waals surface area contributed by atoms with Crippen LogP contribution in [0, 0.1) is 0 Å². The molecular weight excluding hydrogens is 280 g/mol. The van der Waals surface area contributed by atoms with Crippen molar-refractivity contribution in [2.45, 2.75) is 0 Å². The van der Waals surface area contributed by atoms with Gasteiger partial charge < -0.3 is 20.0 Å². The molecule has 0 atom stereocenters. The number of methoxy groups -OCH3 is 1. The van der Waals surface area contributed by atoms with Crippen molar-refractivity contribution in [2.24, 2.45) is 0 Å². The van der Waals surface area contributed by atoms with Gasteiger partial charge in [-0.2, -0.15) is 0 Å². The summed E-state index contributed by atoms with van der Waals surface area (Å²) in [6.45, 7) is 0. The number of carbonyl (C=O) groups excluding carboxylic acids is 1. The molecule has 3 rings (SSSR count). The number of nitrogens with zero attached hydrogens (tertiary/aromatic N) is 1. The molecule has 1 heterocycles. The zero-order valence-corrected chi connectivity index (χ0v) is 11.9. The Morgan fingerprint density at radius 2 is 1.77 bits per heavy atom. The van der Waals surface area contributed by atoms with Crippen LogP contribution < -0.4 is 15.2 Å². The van der Waals surface area contributed by atoms with Gasteiger partial charge in [-0.25, -0.2) is 4.98 Å². The number of carboxylic acids is 1. The number of carbonyl (C=O) groups is 1. The summed E-state index contributed by atoms with van der Waals surface area (Å²) in [6, 6.07) is 14.6. The second-order valence-electron chi connectivity index (χ2n) is 4.71. The predicted molar refractivity (Wildman–Crippen MR) is 82.4 cm³/mol. The summed E-state index contributed by atoms with van der Waals surface area (Å²) < 4.78 is 5.12. The molecule has 0 saturated carbocycles. The zero-order chi connectivity index (χ0) is 15.5. The van der Waals surface area contributed by atoms with E-state index in [9.17, 15) is 9.90 Å². The van der Waals surface area contributed by atoms with Crippen molar-refractivity contribution in [3.05, 3.63) is 60.3 Å². The van der Waals surface area contributed by atoms with E-state index in [1.165, 1.54) is 6.20 Å². The van der Waals surface area contributed by atoms with E-state index in [2.05, 4.69) is 10.3 Å². The third kappa shape index (κ3) is 2.56. The summed E-state index contributed by atoms with van der Waals surface area (Å²) in [6.07, 6.45) is 1.31. The van der Waals surface area contributed by atoms with E-state index >= 15 is 0 Å². The van der Waals surface area contributed by atoms with Crippen LogP contribution in [-0.2, 0) is 0 Å². The first-order valence-corrected chi connectivity index (χ1v) is 6.69. The highest BCUT2D eigenvalue weighted by atomic mass is 16.5. The Morgan fingerprint density at radius 1 is 1.09 bits per heavy atom. The average molecular weight is 293 g/mol. The second kappa shape index (κ2) is 5.73. The van der Waals surface area contributed by atoms with Gasteiger partial charge in [-0.05, 0) is 29.7 Å². The van der Waals surface area contributed by atoms with Gasteiger partial charge in [0, 0.05) is 22.8 Å². The summed E-state index contributed by atoms with van der Waals surface area (Å²) in [5.41, 5.74) is 0.913. The first-order valence-electron chi connectivity index (χ1n) is 6.69. The minimum Gasteiger partial charge on any atom is -0.545 e. The Kier molecular flexibility index (Phi) is 3.62. The van der Waals surface area contributed by atoms with Gasteiger partial charge in [0.15, 0.2) is 0 Å². The Labute approximate surface area is 127 Å². The summed E-state index contributed by atoms with van der Waals surface area (Å²) in [7, 11) is 1.61. The smallest absolute Gasteiger partial charge is 0.138 e. The molecule has 5 heteroatoms. The van der Waals surface area contributed by atoms with Crippen LogP contribution in [-0.4, -0.2) is 18.1 Å². The lowest BCUT2D eigenvalue weighted by molar-refractivity contribution is -0.254. The Morgan fingerprint density at radius 3 is 2.41 bits per heavy atom. The molecule has 3 aromatic rings. The highest BCUT2D eigenvalue weighted by Gasteiger charge is 2.08. The van der Waals surface area contributed by atoms with Crippen LogP contribution in [0.25, 0.3) is 10.8 Å². The first-order chi connectivity index (χ1) is 10.7. The quantitative estimate of drug-likeness (QED) is 0.799. The Bertz CT molecular complexity index is 829. The molecule has 0 aliphatic carbocycles. The number of aromatic carboxylic acids is 1. The van der Waals surface area contributed by atoms with Crippen molar-refractivity contribution in [2.75, 3.05) is 12.4 Å². The van der Waals surface area contributed by atoms with E-state index in [0.29, 0.717) is 11.2 Å². The van der Waals surface area contributed by atoms with Gasteiger partial charge >= 0.3 is 0 Å². The molecule has 1 N–H and O–H groups in total. The van der Waals surface area contributed by atoms with Crippen molar-refractivity contribution in [1.82, 2.24) is 4.98 Å². The lowest BCUT2D eigenvalue weighted by Gasteiger charge is -2.12. The van der Waals surface area contributed by atoms with Crippen molar-refractivity contribution in [3.63, 3.8) is 0 Å². The molecule has 0 aliphatic rings.